The summed E-state index contributed by atoms with van der Waals surface area (Å²) in [7, 11) is 1.67. The van der Waals surface area contributed by atoms with Crippen LogP contribution in [0.25, 0.3) is 0 Å². The minimum atomic E-state index is -5.24. The average Bonchev–Trinajstić information content (AvgIpc) is 2.69. The maximum atomic E-state index is 14.2. The minimum Gasteiger partial charge on any atom is -0.466 e. The molecule has 0 saturated heterocycles. The van der Waals surface area contributed by atoms with Crippen LogP contribution in [0, 0.1) is 5.92 Å². The third-order valence-electron chi connectivity index (χ3n) is 4.57. The van der Waals surface area contributed by atoms with Crippen molar-refractivity contribution in [1.29, 1.82) is 0 Å². The van der Waals surface area contributed by atoms with Gasteiger partial charge in [-0.05, 0) is 26.7 Å². The molecule has 0 aliphatic carbocycles. The van der Waals surface area contributed by atoms with Crippen LogP contribution in [0.5, 0.6) is 0 Å². The molecule has 0 spiro atoms. The molecule has 1 rings (SSSR count). The highest BCUT2D eigenvalue weighted by molar-refractivity contribution is 5.86. The molecular formula is C22H30F3NO7. The molecule has 1 N–H and O–H groups in total. The summed E-state index contributed by atoms with van der Waals surface area (Å²) in [4.78, 5) is 37.7. The van der Waals surface area contributed by atoms with Gasteiger partial charge in [-0.3, -0.25) is 0 Å². The summed E-state index contributed by atoms with van der Waals surface area (Å²) in [6.45, 7) is 7.94. The molecule has 1 aromatic carbocycles. The molecule has 1 aromatic rings. The Bertz CT molecular complexity index is 822. The van der Waals surface area contributed by atoms with Gasteiger partial charge in [-0.15, -0.1) is 0 Å². The number of methoxy groups -OCH3 is 2. The Morgan fingerprint density at radius 1 is 0.970 bits per heavy atom. The molecule has 0 bridgehead atoms. The largest absolute Gasteiger partial charge is 0.466 e. The highest BCUT2D eigenvalue weighted by Crippen LogP contribution is 2.43. The van der Waals surface area contributed by atoms with Crippen molar-refractivity contribution >= 4 is 18.0 Å². The van der Waals surface area contributed by atoms with Crippen molar-refractivity contribution in [3.8, 4) is 0 Å². The van der Waals surface area contributed by atoms with E-state index in [4.69, 9.17) is 9.47 Å². The first-order valence-corrected chi connectivity index (χ1v) is 10.1. The Morgan fingerprint density at radius 2 is 1.52 bits per heavy atom. The van der Waals surface area contributed by atoms with Crippen LogP contribution in [0.1, 0.15) is 40.2 Å². The fourth-order valence-corrected chi connectivity index (χ4v) is 3.01. The first kappa shape index (κ1) is 28.2. The number of carbonyl (C=O) groups is 3. The SMILES string of the molecule is COC(=O)[C@H](OC(=O)[C@](OC)(c1ccccc1)C(F)(F)F)[C@@H](NC(=O)OC(C)(C)C)C(C)C. The van der Waals surface area contributed by atoms with E-state index in [1.165, 1.54) is 18.2 Å². The normalized spacial score (nSPS) is 15.7. The van der Waals surface area contributed by atoms with Crippen LogP contribution in [-0.2, 0) is 34.1 Å². The Balaban J connectivity index is 3.43. The lowest BCUT2D eigenvalue weighted by Gasteiger charge is -2.35. The first-order chi connectivity index (χ1) is 15.1. The number of hydrogen-bond donors (Lipinski definition) is 1. The van der Waals surface area contributed by atoms with Crippen molar-refractivity contribution in [1.82, 2.24) is 5.32 Å². The lowest BCUT2D eigenvalue weighted by atomic mass is 9.92. The van der Waals surface area contributed by atoms with Gasteiger partial charge < -0.3 is 24.3 Å². The Labute approximate surface area is 190 Å². The molecule has 1 amide bonds. The van der Waals surface area contributed by atoms with E-state index in [2.05, 4.69) is 14.8 Å². The molecule has 0 aliphatic heterocycles. The number of amides is 1. The summed E-state index contributed by atoms with van der Waals surface area (Å²) in [5.74, 6) is -3.64. The predicted octanol–water partition coefficient (Wildman–Crippen LogP) is 3.72. The van der Waals surface area contributed by atoms with Gasteiger partial charge in [0.25, 0.3) is 5.60 Å². The molecule has 0 aliphatic rings. The number of benzene rings is 1. The van der Waals surface area contributed by atoms with Gasteiger partial charge in [-0.1, -0.05) is 44.2 Å². The summed E-state index contributed by atoms with van der Waals surface area (Å²) in [6, 6.07) is 4.87. The topological polar surface area (TPSA) is 100 Å². The van der Waals surface area contributed by atoms with Gasteiger partial charge >= 0.3 is 24.2 Å². The van der Waals surface area contributed by atoms with E-state index in [0.29, 0.717) is 7.11 Å². The molecule has 8 nitrogen and oxygen atoms in total. The number of nitrogens with one attached hydrogen (secondary N) is 1. The van der Waals surface area contributed by atoms with Crippen LogP contribution >= 0.6 is 0 Å². The van der Waals surface area contributed by atoms with Crippen molar-refractivity contribution in [3.63, 3.8) is 0 Å². The Morgan fingerprint density at radius 3 is 1.91 bits per heavy atom. The molecule has 186 valence electrons. The van der Waals surface area contributed by atoms with Crippen molar-refractivity contribution in [2.75, 3.05) is 14.2 Å². The number of esters is 2. The fourth-order valence-electron chi connectivity index (χ4n) is 3.01. The zero-order chi connectivity index (χ0) is 25.6. The second-order valence-electron chi connectivity index (χ2n) is 8.51. The van der Waals surface area contributed by atoms with Gasteiger partial charge in [0.15, 0.2) is 0 Å². The van der Waals surface area contributed by atoms with Gasteiger partial charge in [0.2, 0.25) is 6.10 Å². The molecule has 0 radical (unpaired) electrons. The number of alkyl carbamates (subject to hydrolysis) is 1. The van der Waals surface area contributed by atoms with Crippen LogP contribution < -0.4 is 5.32 Å². The molecule has 0 unspecified atom stereocenters. The number of alkyl halides is 3. The number of hydrogen-bond acceptors (Lipinski definition) is 7. The summed E-state index contributed by atoms with van der Waals surface area (Å²) in [5.41, 5.74) is -4.96. The van der Waals surface area contributed by atoms with E-state index in [1.807, 2.05) is 0 Å². The van der Waals surface area contributed by atoms with E-state index < -0.39 is 59.0 Å². The number of halogens is 3. The highest BCUT2D eigenvalue weighted by atomic mass is 19.4. The highest BCUT2D eigenvalue weighted by Gasteiger charge is 2.64. The quantitative estimate of drug-likeness (QED) is 0.450. The second-order valence-corrected chi connectivity index (χ2v) is 8.51. The van der Waals surface area contributed by atoms with Crippen LogP contribution in [-0.4, -0.2) is 56.2 Å². The monoisotopic (exact) mass is 477 g/mol. The van der Waals surface area contributed by atoms with Crippen molar-refractivity contribution in [3.05, 3.63) is 35.9 Å². The first-order valence-electron chi connectivity index (χ1n) is 10.1. The van der Waals surface area contributed by atoms with Gasteiger partial charge in [0.05, 0.1) is 13.2 Å². The third-order valence-corrected chi connectivity index (χ3v) is 4.57. The van der Waals surface area contributed by atoms with Crippen molar-refractivity contribution in [2.45, 2.75) is 64.1 Å². The number of rotatable bonds is 8. The fraction of sp³-hybridized carbons (Fsp3) is 0.591. The molecular weight excluding hydrogens is 447 g/mol. The lowest BCUT2D eigenvalue weighted by Crippen LogP contribution is -2.57. The standard InChI is InChI=1S/C22H30F3NO7/c1-13(2)15(26-19(29)33-20(3,4)5)16(17(27)30-6)32-18(28)21(31-7,22(23,24)25)14-11-9-8-10-12-14/h8-13,15-16H,1-7H3,(H,26,29)/t15-,16+,21+/m0/s1. The third kappa shape index (κ3) is 6.83. The van der Waals surface area contributed by atoms with Crippen LogP contribution in [0.4, 0.5) is 18.0 Å². The smallest absolute Gasteiger partial charge is 0.432 e. The maximum Gasteiger partial charge on any atom is 0.432 e. The van der Waals surface area contributed by atoms with Gasteiger partial charge in [0.1, 0.15) is 5.60 Å². The molecule has 11 heteroatoms. The number of carbonyl (C=O) groups excluding carboxylic acids is 3. The van der Waals surface area contributed by atoms with Crippen LogP contribution in [0.3, 0.4) is 0 Å². The average molecular weight is 477 g/mol. The summed E-state index contributed by atoms with van der Waals surface area (Å²) < 4.78 is 62.0. The van der Waals surface area contributed by atoms with Crippen LogP contribution in [0.15, 0.2) is 30.3 Å². The second kappa shape index (κ2) is 10.9. The van der Waals surface area contributed by atoms with E-state index >= 15 is 0 Å². The molecule has 3 atom stereocenters. The molecule has 0 fully saturated rings. The summed E-state index contributed by atoms with van der Waals surface area (Å²) >= 11 is 0. The molecule has 0 heterocycles. The van der Waals surface area contributed by atoms with Gasteiger partial charge in [-0.25, -0.2) is 14.4 Å². The van der Waals surface area contributed by atoms with Crippen molar-refractivity contribution in [2.24, 2.45) is 5.92 Å². The molecule has 0 aromatic heterocycles. The predicted molar refractivity (Wildman–Crippen MR) is 111 cm³/mol. The van der Waals surface area contributed by atoms with Crippen LogP contribution in [0.2, 0.25) is 0 Å². The van der Waals surface area contributed by atoms with Gasteiger partial charge in [-0.2, -0.15) is 13.2 Å². The minimum absolute atomic E-state index is 0.546. The summed E-state index contributed by atoms with van der Waals surface area (Å²) in [6.07, 6.45) is -8.12. The van der Waals surface area contributed by atoms with E-state index in [1.54, 1.807) is 34.6 Å². The molecule has 33 heavy (non-hydrogen) atoms. The summed E-state index contributed by atoms with van der Waals surface area (Å²) in [5, 5.41) is 2.38. The maximum absolute atomic E-state index is 14.2. The Kier molecular flexibility index (Phi) is 9.29. The van der Waals surface area contributed by atoms with E-state index in [-0.39, 0.29) is 0 Å². The Hall–Kier alpha value is -2.82. The van der Waals surface area contributed by atoms with E-state index in [9.17, 15) is 27.6 Å². The van der Waals surface area contributed by atoms with Gasteiger partial charge in [0, 0.05) is 12.7 Å². The zero-order valence-electron chi connectivity index (χ0n) is 19.6. The molecule has 0 saturated carbocycles. The zero-order valence-corrected chi connectivity index (χ0v) is 19.6. The van der Waals surface area contributed by atoms with Crippen molar-refractivity contribution < 1.29 is 46.5 Å². The number of ether oxygens (including phenoxy) is 4. The van der Waals surface area contributed by atoms with E-state index in [0.717, 1.165) is 19.2 Å². The lowest BCUT2D eigenvalue weighted by molar-refractivity contribution is -0.278.